The van der Waals surface area contributed by atoms with E-state index in [1.54, 1.807) is 0 Å². The molecule has 5 aromatic rings. The predicted molar refractivity (Wildman–Crippen MR) is 197 cm³/mol. The van der Waals surface area contributed by atoms with Crippen LogP contribution in [-0.4, -0.2) is 55.0 Å². The van der Waals surface area contributed by atoms with Crippen molar-refractivity contribution in [2.45, 2.75) is 88.5 Å². The molecule has 8 rings (SSSR count). The number of nitrogens with zero attached hydrogens (tertiary/aromatic N) is 4. The number of amides is 2. The van der Waals surface area contributed by atoms with Crippen molar-refractivity contribution in [3.63, 3.8) is 0 Å². The van der Waals surface area contributed by atoms with Crippen molar-refractivity contribution in [3.05, 3.63) is 131 Å². The first-order valence-corrected chi connectivity index (χ1v) is 18.7. The summed E-state index contributed by atoms with van der Waals surface area (Å²) in [5.74, 6) is 2.63. The topological polar surface area (TPSA) is 116 Å². The molecule has 0 spiro atoms. The van der Waals surface area contributed by atoms with Gasteiger partial charge in [-0.2, -0.15) is 0 Å². The van der Waals surface area contributed by atoms with Crippen LogP contribution in [0.25, 0.3) is 11.4 Å². The summed E-state index contributed by atoms with van der Waals surface area (Å²) in [5, 5.41) is 0. The molecule has 2 N–H and O–H groups in total. The van der Waals surface area contributed by atoms with Gasteiger partial charge < -0.3 is 19.4 Å². The molecule has 0 unspecified atom stereocenters. The molecule has 1 saturated carbocycles. The molecular weight excluding hydrogens is 652 g/mol. The first kappa shape index (κ1) is 33.7. The number of benzene rings is 3. The molecule has 2 aliphatic heterocycles. The lowest BCUT2D eigenvalue weighted by Gasteiger charge is -2.28. The van der Waals surface area contributed by atoms with Crippen molar-refractivity contribution in [3.8, 4) is 11.4 Å². The molecule has 10 nitrogen and oxygen atoms in total. The maximum absolute atomic E-state index is 13.0. The number of hydrogen-bond donors (Lipinski definition) is 2. The molecule has 0 radical (unpaired) electrons. The second-order valence-corrected chi connectivity index (χ2v) is 14.4. The zero-order valence-corrected chi connectivity index (χ0v) is 29.5. The largest absolute Gasteiger partial charge is 0.445 e. The third-order valence-electron chi connectivity index (χ3n) is 11.1. The third-order valence-corrected chi connectivity index (χ3v) is 11.1. The standard InChI is InChI=1S/C42H46N6O4/c49-41(51-27-29-9-3-1-4-10-29)47-23-7-13-37(47)36-26-43-39(46-36)34-21-17-32(18-22-34)31-15-19-33(20-16-31)35-25-44-40(45-35)38-14-8-24-48(38)42(50)52-28-30-11-5-2-6-12-30/h1-6,9-12,17-18,21-22,25-26,31,33,37-38H,7-8,13-16,19-20,23-24,27-28H2,(H,43,46)(H,44,45)/t31?,33?,37-,38-/m0/s1. The fraction of sp³-hybridized carbons (Fsp3) is 0.381. The summed E-state index contributed by atoms with van der Waals surface area (Å²) in [6, 6.07) is 28.2. The van der Waals surface area contributed by atoms with E-state index in [1.165, 1.54) is 11.3 Å². The Morgan fingerprint density at radius 1 is 0.615 bits per heavy atom. The average molecular weight is 699 g/mol. The van der Waals surface area contributed by atoms with Gasteiger partial charge in [0.1, 0.15) is 24.9 Å². The van der Waals surface area contributed by atoms with E-state index in [0.29, 0.717) is 24.9 Å². The fourth-order valence-corrected chi connectivity index (χ4v) is 8.21. The lowest BCUT2D eigenvalue weighted by molar-refractivity contribution is 0.0905. The third kappa shape index (κ3) is 7.47. The molecule has 10 heteroatoms. The van der Waals surface area contributed by atoms with E-state index in [2.05, 4.69) is 34.2 Å². The molecule has 0 bridgehead atoms. The summed E-state index contributed by atoms with van der Waals surface area (Å²) in [4.78, 5) is 46.1. The van der Waals surface area contributed by atoms with Crippen molar-refractivity contribution in [2.75, 3.05) is 13.1 Å². The summed E-state index contributed by atoms with van der Waals surface area (Å²) >= 11 is 0. The first-order chi connectivity index (χ1) is 25.6. The van der Waals surface area contributed by atoms with Gasteiger partial charge >= 0.3 is 12.2 Å². The monoisotopic (exact) mass is 698 g/mol. The highest BCUT2D eigenvalue weighted by molar-refractivity contribution is 5.69. The molecule has 2 saturated heterocycles. The van der Waals surface area contributed by atoms with Crippen LogP contribution in [0.4, 0.5) is 9.59 Å². The minimum Gasteiger partial charge on any atom is -0.445 e. The number of carbonyl (C=O) groups is 2. The van der Waals surface area contributed by atoms with Crippen LogP contribution in [0, 0.1) is 0 Å². The molecule has 2 amide bonds. The van der Waals surface area contributed by atoms with Gasteiger partial charge in [0.15, 0.2) is 0 Å². The molecule has 1 aliphatic carbocycles. The summed E-state index contributed by atoms with van der Waals surface area (Å²) < 4.78 is 11.3. The van der Waals surface area contributed by atoms with Crippen molar-refractivity contribution in [1.29, 1.82) is 0 Å². The number of H-pyrrole nitrogens is 2. The van der Waals surface area contributed by atoms with Gasteiger partial charge in [-0.05, 0) is 74.0 Å². The van der Waals surface area contributed by atoms with Crippen molar-refractivity contribution in [2.24, 2.45) is 0 Å². The van der Waals surface area contributed by atoms with Crippen LogP contribution >= 0.6 is 0 Å². The Labute approximate surface area is 304 Å². The molecule has 3 aliphatic rings. The van der Waals surface area contributed by atoms with Crippen molar-refractivity contribution < 1.29 is 19.1 Å². The van der Waals surface area contributed by atoms with Gasteiger partial charge in [0.05, 0.1) is 24.0 Å². The maximum atomic E-state index is 13.0. The van der Waals surface area contributed by atoms with Gasteiger partial charge in [0.2, 0.25) is 0 Å². The molecule has 3 fully saturated rings. The minimum absolute atomic E-state index is 0.0662. The molecule has 2 aromatic heterocycles. The van der Waals surface area contributed by atoms with Crippen molar-refractivity contribution >= 4 is 12.2 Å². The Balaban J connectivity index is 0.833. The quantitative estimate of drug-likeness (QED) is 0.159. The summed E-state index contributed by atoms with van der Waals surface area (Å²) in [7, 11) is 0. The van der Waals surface area contributed by atoms with Crippen LogP contribution in [-0.2, 0) is 22.7 Å². The molecule has 4 heterocycles. The Morgan fingerprint density at radius 2 is 1.17 bits per heavy atom. The lowest BCUT2D eigenvalue weighted by Crippen LogP contribution is -2.31. The van der Waals surface area contributed by atoms with E-state index in [4.69, 9.17) is 19.4 Å². The predicted octanol–water partition coefficient (Wildman–Crippen LogP) is 9.19. The number of rotatable bonds is 9. The van der Waals surface area contributed by atoms with E-state index in [1.807, 2.05) is 82.9 Å². The van der Waals surface area contributed by atoms with Crippen LogP contribution in [0.15, 0.2) is 97.3 Å². The van der Waals surface area contributed by atoms with Crippen LogP contribution in [0.5, 0.6) is 0 Å². The average Bonchev–Trinajstić information content (AvgIpc) is 4.04. The van der Waals surface area contributed by atoms with Gasteiger partial charge in [-0.25, -0.2) is 19.6 Å². The van der Waals surface area contributed by atoms with Crippen LogP contribution in [0.3, 0.4) is 0 Å². The highest BCUT2D eigenvalue weighted by Crippen LogP contribution is 2.41. The number of carbonyl (C=O) groups excluding carboxylic acids is 2. The molecule has 52 heavy (non-hydrogen) atoms. The summed E-state index contributed by atoms with van der Waals surface area (Å²) in [5.41, 5.74) is 6.47. The van der Waals surface area contributed by atoms with Gasteiger partial charge in [0, 0.05) is 36.5 Å². The number of ether oxygens (including phenoxy) is 2. The highest BCUT2D eigenvalue weighted by Gasteiger charge is 2.35. The molecule has 3 aromatic carbocycles. The minimum atomic E-state index is -0.285. The maximum Gasteiger partial charge on any atom is 0.410 e. The number of nitrogens with one attached hydrogen (secondary N) is 2. The smallest absolute Gasteiger partial charge is 0.410 e. The molecule has 2 atom stereocenters. The Bertz CT molecular complexity index is 1930. The zero-order chi connectivity index (χ0) is 35.3. The van der Waals surface area contributed by atoms with Gasteiger partial charge in [-0.3, -0.25) is 9.80 Å². The molecule has 268 valence electrons. The van der Waals surface area contributed by atoms with E-state index < -0.39 is 0 Å². The second-order valence-electron chi connectivity index (χ2n) is 14.4. The van der Waals surface area contributed by atoms with Crippen LogP contribution < -0.4 is 0 Å². The number of hydrogen-bond acceptors (Lipinski definition) is 6. The summed E-state index contributed by atoms with van der Waals surface area (Å²) in [6.45, 7) is 1.90. The van der Waals surface area contributed by atoms with Gasteiger partial charge in [0.25, 0.3) is 0 Å². The fourth-order valence-electron chi connectivity index (χ4n) is 8.21. The van der Waals surface area contributed by atoms with E-state index in [-0.39, 0.29) is 37.5 Å². The summed E-state index contributed by atoms with van der Waals surface area (Å²) in [6.07, 6.45) is 11.3. The van der Waals surface area contributed by atoms with Crippen LogP contribution in [0.1, 0.15) is 109 Å². The number of imidazole rings is 2. The van der Waals surface area contributed by atoms with E-state index in [0.717, 1.165) is 85.4 Å². The van der Waals surface area contributed by atoms with Gasteiger partial charge in [-0.1, -0.05) is 84.9 Å². The zero-order valence-electron chi connectivity index (χ0n) is 29.5. The number of likely N-dealkylation sites (tertiary alicyclic amines) is 2. The lowest BCUT2D eigenvalue weighted by atomic mass is 9.77. The molecular formula is C42H46N6O4. The Morgan fingerprint density at radius 3 is 1.81 bits per heavy atom. The number of aromatic nitrogens is 4. The van der Waals surface area contributed by atoms with E-state index >= 15 is 0 Å². The Hall–Kier alpha value is -5.38. The highest BCUT2D eigenvalue weighted by atomic mass is 16.6. The number of aromatic amines is 2. The van der Waals surface area contributed by atoms with Crippen molar-refractivity contribution in [1.82, 2.24) is 29.7 Å². The van der Waals surface area contributed by atoms with Crippen LogP contribution in [0.2, 0.25) is 0 Å². The first-order valence-electron chi connectivity index (χ1n) is 18.7. The van der Waals surface area contributed by atoms with Gasteiger partial charge in [-0.15, -0.1) is 0 Å². The second kappa shape index (κ2) is 15.5. The normalized spacial score (nSPS) is 21.7. The van der Waals surface area contributed by atoms with E-state index in [9.17, 15) is 9.59 Å². The Kier molecular flexibility index (Phi) is 10.0. The SMILES string of the molecule is O=C(OCc1ccccc1)N1CCC[C@H]1c1cnc(-c2ccc(C3CCC(c4cnc([C@@H]5CCCN5C(=O)OCc5ccccc5)[nH]4)CC3)cc2)[nH]1.